The van der Waals surface area contributed by atoms with Crippen LogP contribution in [0.1, 0.15) is 33.9 Å². The first-order valence-corrected chi connectivity index (χ1v) is 9.33. The van der Waals surface area contributed by atoms with Gasteiger partial charge < -0.3 is 14.5 Å². The van der Waals surface area contributed by atoms with Gasteiger partial charge in [-0.1, -0.05) is 29.8 Å². The fourth-order valence-electron chi connectivity index (χ4n) is 2.16. The fraction of sp³-hybridized carbons (Fsp3) is 0.389. The SMILES string of the molecule is COCCCNC(=O)c1ccc(C[S@@](=O)Cc2ccc(C)cc2)o1. The summed E-state index contributed by atoms with van der Waals surface area (Å²) in [6.45, 7) is 3.15. The van der Waals surface area contributed by atoms with Crippen LogP contribution in [0.2, 0.25) is 0 Å². The van der Waals surface area contributed by atoms with Crippen LogP contribution in [-0.4, -0.2) is 30.4 Å². The summed E-state index contributed by atoms with van der Waals surface area (Å²) in [6, 6.07) is 11.3. The van der Waals surface area contributed by atoms with E-state index in [0.717, 1.165) is 12.0 Å². The van der Waals surface area contributed by atoms with Gasteiger partial charge in [0, 0.05) is 36.8 Å². The number of ether oxygens (including phenoxy) is 1. The van der Waals surface area contributed by atoms with Gasteiger partial charge in [-0.05, 0) is 31.0 Å². The first-order chi connectivity index (χ1) is 11.6. The molecule has 0 saturated heterocycles. The van der Waals surface area contributed by atoms with Gasteiger partial charge in [0.05, 0.1) is 5.75 Å². The molecule has 2 aromatic rings. The second kappa shape index (κ2) is 9.39. The van der Waals surface area contributed by atoms with Crippen LogP contribution >= 0.6 is 0 Å². The van der Waals surface area contributed by atoms with E-state index in [1.807, 2.05) is 31.2 Å². The van der Waals surface area contributed by atoms with Crippen LogP contribution in [0.15, 0.2) is 40.8 Å². The maximum Gasteiger partial charge on any atom is 0.286 e. The molecule has 0 aliphatic rings. The Kier molecular flexibility index (Phi) is 7.21. The average molecular weight is 349 g/mol. The normalized spacial score (nSPS) is 12.1. The molecule has 2 rings (SSSR count). The minimum Gasteiger partial charge on any atom is -0.455 e. The van der Waals surface area contributed by atoms with Gasteiger partial charge in [0.1, 0.15) is 5.76 Å². The van der Waals surface area contributed by atoms with Gasteiger partial charge in [0.15, 0.2) is 5.76 Å². The molecule has 5 nitrogen and oxygen atoms in total. The second-order valence-electron chi connectivity index (χ2n) is 5.58. The summed E-state index contributed by atoms with van der Waals surface area (Å²) < 4.78 is 22.6. The first-order valence-electron chi connectivity index (χ1n) is 7.85. The number of hydrogen-bond donors (Lipinski definition) is 1. The van der Waals surface area contributed by atoms with Crippen LogP contribution in [0, 0.1) is 6.92 Å². The third kappa shape index (κ3) is 5.94. The predicted octanol–water partition coefficient (Wildman–Crippen LogP) is 2.80. The van der Waals surface area contributed by atoms with E-state index >= 15 is 0 Å². The Labute approximate surface area is 144 Å². The van der Waals surface area contributed by atoms with E-state index in [0.29, 0.717) is 30.4 Å². The van der Waals surface area contributed by atoms with Gasteiger partial charge in [-0.2, -0.15) is 0 Å². The van der Waals surface area contributed by atoms with Gasteiger partial charge in [0.25, 0.3) is 5.91 Å². The van der Waals surface area contributed by atoms with Crippen molar-refractivity contribution >= 4 is 16.7 Å². The highest BCUT2D eigenvalue weighted by Gasteiger charge is 2.12. The minimum absolute atomic E-state index is 0.245. The van der Waals surface area contributed by atoms with Crippen LogP contribution in [0.25, 0.3) is 0 Å². The van der Waals surface area contributed by atoms with Crippen molar-refractivity contribution in [2.24, 2.45) is 0 Å². The topological polar surface area (TPSA) is 68.5 Å². The Morgan fingerprint density at radius 2 is 1.92 bits per heavy atom. The average Bonchev–Trinajstić information content (AvgIpc) is 3.02. The van der Waals surface area contributed by atoms with Gasteiger partial charge in [0.2, 0.25) is 0 Å². The number of amides is 1. The maximum absolute atomic E-state index is 12.2. The molecule has 6 heteroatoms. The molecular formula is C18H23NO4S. The Hall–Kier alpha value is -1.92. The summed E-state index contributed by atoms with van der Waals surface area (Å²) in [7, 11) is 0.544. The molecule has 0 saturated carbocycles. The number of benzene rings is 1. The van der Waals surface area contributed by atoms with Crippen molar-refractivity contribution in [3.05, 3.63) is 59.0 Å². The molecule has 0 radical (unpaired) electrons. The number of methoxy groups -OCH3 is 1. The Morgan fingerprint density at radius 1 is 1.17 bits per heavy atom. The van der Waals surface area contributed by atoms with Crippen LogP contribution in [0.3, 0.4) is 0 Å². The molecule has 1 atom stereocenters. The van der Waals surface area contributed by atoms with Crippen molar-refractivity contribution < 1.29 is 18.2 Å². The van der Waals surface area contributed by atoms with Crippen molar-refractivity contribution in [3.8, 4) is 0 Å². The molecule has 0 bridgehead atoms. The lowest BCUT2D eigenvalue weighted by Gasteiger charge is -2.03. The third-order valence-electron chi connectivity index (χ3n) is 3.45. The summed E-state index contributed by atoms with van der Waals surface area (Å²) in [4.78, 5) is 11.9. The minimum atomic E-state index is -1.08. The molecule has 0 unspecified atom stereocenters. The van der Waals surface area contributed by atoms with Gasteiger partial charge in [-0.15, -0.1) is 0 Å². The first kappa shape index (κ1) is 18.4. The van der Waals surface area contributed by atoms with E-state index in [4.69, 9.17) is 9.15 Å². The zero-order chi connectivity index (χ0) is 17.4. The van der Waals surface area contributed by atoms with E-state index in [2.05, 4.69) is 5.32 Å². The molecule has 130 valence electrons. The van der Waals surface area contributed by atoms with Gasteiger partial charge in [-0.25, -0.2) is 0 Å². The molecule has 1 heterocycles. The lowest BCUT2D eigenvalue weighted by molar-refractivity contribution is 0.0919. The van der Waals surface area contributed by atoms with Crippen molar-refractivity contribution in [1.29, 1.82) is 0 Å². The quantitative estimate of drug-likeness (QED) is 0.707. The number of furan rings is 1. The Balaban J connectivity index is 1.83. The number of nitrogens with one attached hydrogen (secondary N) is 1. The van der Waals surface area contributed by atoms with E-state index in [1.54, 1.807) is 19.2 Å². The molecule has 1 amide bonds. The van der Waals surface area contributed by atoms with E-state index in [1.165, 1.54) is 5.56 Å². The molecule has 0 aliphatic carbocycles. The van der Waals surface area contributed by atoms with Crippen molar-refractivity contribution in [2.45, 2.75) is 24.9 Å². The molecule has 24 heavy (non-hydrogen) atoms. The van der Waals surface area contributed by atoms with Crippen LogP contribution in [0.5, 0.6) is 0 Å². The van der Waals surface area contributed by atoms with E-state index in [-0.39, 0.29) is 11.7 Å². The maximum atomic E-state index is 12.2. The standard InChI is InChI=1S/C18H23NO4S/c1-14-4-6-15(7-5-14)12-24(21)13-16-8-9-17(23-16)18(20)19-10-3-11-22-2/h4-9H,3,10-13H2,1-2H3,(H,19,20)/t24-/m0/s1. The highest BCUT2D eigenvalue weighted by molar-refractivity contribution is 7.83. The van der Waals surface area contributed by atoms with Gasteiger partial charge >= 0.3 is 0 Å². The van der Waals surface area contributed by atoms with Crippen LogP contribution < -0.4 is 5.32 Å². The summed E-state index contributed by atoms with van der Waals surface area (Å²) >= 11 is 0. The molecule has 0 fully saturated rings. The summed E-state index contributed by atoms with van der Waals surface area (Å²) in [5.74, 6) is 1.31. The zero-order valence-electron chi connectivity index (χ0n) is 14.0. The van der Waals surface area contributed by atoms with Crippen molar-refractivity contribution in [1.82, 2.24) is 5.32 Å². The largest absolute Gasteiger partial charge is 0.455 e. The molecule has 1 aromatic heterocycles. The van der Waals surface area contributed by atoms with Crippen LogP contribution in [0.4, 0.5) is 0 Å². The van der Waals surface area contributed by atoms with Crippen molar-refractivity contribution in [2.75, 3.05) is 20.3 Å². The number of hydrogen-bond acceptors (Lipinski definition) is 4. The van der Waals surface area contributed by atoms with Gasteiger partial charge in [-0.3, -0.25) is 9.00 Å². The number of rotatable bonds is 9. The summed E-state index contributed by atoms with van der Waals surface area (Å²) in [6.07, 6.45) is 0.746. The monoisotopic (exact) mass is 349 g/mol. The highest BCUT2D eigenvalue weighted by Crippen LogP contribution is 2.13. The Bertz CT molecular complexity index is 679. The molecule has 0 aliphatic heterocycles. The summed E-state index contributed by atoms with van der Waals surface area (Å²) in [5.41, 5.74) is 2.21. The molecule has 0 spiro atoms. The highest BCUT2D eigenvalue weighted by atomic mass is 32.2. The predicted molar refractivity (Wildman–Crippen MR) is 94.3 cm³/mol. The fourth-order valence-corrected chi connectivity index (χ4v) is 3.30. The second-order valence-corrected chi connectivity index (χ2v) is 7.04. The van der Waals surface area contributed by atoms with Crippen LogP contribution in [-0.2, 0) is 27.0 Å². The van der Waals surface area contributed by atoms with E-state index < -0.39 is 10.8 Å². The Morgan fingerprint density at radius 3 is 2.62 bits per heavy atom. The van der Waals surface area contributed by atoms with E-state index in [9.17, 15) is 9.00 Å². The number of carbonyl (C=O) groups is 1. The molecule has 1 aromatic carbocycles. The zero-order valence-corrected chi connectivity index (χ0v) is 14.9. The number of aryl methyl sites for hydroxylation is 1. The van der Waals surface area contributed by atoms with Crippen molar-refractivity contribution in [3.63, 3.8) is 0 Å². The summed E-state index contributed by atoms with van der Waals surface area (Å²) in [5, 5.41) is 2.76. The smallest absolute Gasteiger partial charge is 0.286 e. The lowest BCUT2D eigenvalue weighted by Crippen LogP contribution is -2.24. The lowest BCUT2D eigenvalue weighted by atomic mass is 10.2. The molecule has 1 N–H and O–H groups in total. The number of carbonyl (C=O) groups excluding carboxylic acids is 1. The third-order valence-corrected chi connectivity index (χ3v) is 4.71. The molecular weight excluding hydrogens is 326 g/mol.